The number of amides is 1. The number of anilines is 1. The van der Waals surface area contributed by atoms with Crippen LogP contribution in [-0.2, 0) is 13.0 Å². The summed E-state index contributed by atoms with van der Waals surface area (Å²) in [6, 6.07) is 10.7. The largest absolute Gasteiger partial charge is 0.493 e. The molecule has 1 aromatic heterocycles. The third-order valence-corrected chi connectivity index (χ3v) is 5.45. The van der Waals surface area contributed by atoms with Crippen LogP contribution in [0.15, 0.2) is 47.5 Å². The fraction of sp³-hybridized carbons (Fsp3) is 0.320. The zero-order chi connectivity index (χ0) is 24.7. The van der Waals surface area contributed by atoms with Crippen molar-refractivity contribution < 1.29 is 18.7 Å². The molecule has 0 spiro atoms. The van der Waals surface area contributed by atoms with Crippen LogP contribution in [0.4, 0.5) is 10.1 Å². The highest BCUT2D eigenvalue weighted by molar-refractivity contribution is 6.10. The molecule has 0 saturated carbocycles. The van der Waals surface area contributed by atoms with Gasteiger partial charge >= 0.3 is 0 Å². The number of ether oxygens (including phenoxy) is 2. The maximum Gasteiger partial charge on any atom is 0.258 e. The highest BCUT2D eigenvalue weighted by Gasteiger charge is 2.14. The SMILES string of the molecule is CCn1nc(C)c(CCN=C(NC(=O)c2ccc(OC)c(OC)c2)Nc2ccc(F)cc2)c1C. The third-order valence-electron chi connectivity index (χ3n) is 5.45. The van der Waals surface area contributed by atoms with Crippen molar-refractivity contribution in [2.45, 2.75) is 33.7 Å². The second kappa shape index (κ2) is 11.3. The predicted octanol–water partition coefficient (Wildman–Crippen LogP) is 4.12. The average molecular weight is 468 g/mol. The molecule has 3 aromatic rings. The number of methoxy groups -OCH3 is 2. The van der Waals surface area contributed by atoms with Gasteiger partial charge in [-0.2, -0.15) is 5.10 Å². The minimum Gasteiger partial charge on any atom is -0.493 e. The average Bonchev–Trinajstić information content (AvgIpc) is 3.12. The Labute approximate surface area is 198 Å². The van der Waals surface area contributed by atoms with Gasteiger partial charge < -0.3 is 14.8 Å². The van der Waals surface area contributed by atoms with Gasteiger partial charge in [-0.3, -0.25) is 19.8 Å². The van der Waals surface area contributed by atoms with Crippen LogP contribution in [0.5, 0.6) is 11.5 Å². The standard InChI is InChI=1S/C25H30FN5O3/c1-6-31-17(3)21(16(2)30-31)13-14-27-25(28-20-10-8-19(26)9-11-20)29-24(32)18-7-12-22(33-4)23(15-18)34-5/h7-12,15H,6,13-14H2,1-5H3,(H2,27,28,29,32). The van der Waals surface area contributed by atoms with Gasteiger partial charge in [0.2, 0.25) is 5.96 Å². The van der Waals surface area contributed by atoms with Crippen molar-refractivity contribution in [2.24, 2.45) is 4.99 Å². The van der Waals surface area contributed by atoms with E-state index >= 15 is 0 Å². The second-order valence-electron chi connectivity index (χ2n) is 7.60. The molecular formula is C25H30FN5O3. The van der Waals surface area contributed by atoms with Crippen molar-refractivity contribution in [2.75, 3.05) is 26.1 Å². The lowest BCUT2D eigenvalue weighted by Crippen LogP contribution is -2.36. The van der Waals surface area contributed by atoms with Crippen LogP contribution >= 0.6 is 0 Å². The van der Waals surface area contributed by atoms with Crippen LogP contribution in [-0.4, -0.2) is 42.4 Å². The van der Waals surface area contributed by atoms with Crippen LogP contribution in [0.2, 0.25) is 0 Å². The Morgan fingerprint density at radius 2 is 1.79 bits per heavy atom. The maximum absolute atomic E-state index is 13.3. The molecule has 34 heavy (non-hydrogen) atoms. The van der Waals surface area contributed by atoms with E-state index in [1.54, 1.807) is 30.3 Å². The smallest absolute Gasteiger partial charge is 0.258 e. The fourth-order valence-corrected chi connectivity index (χ4v) is 3.62. The number of aliphatic imine (C=N–C) groups is 1. The van der Waals surface area contributed by atoms with Gasteiger partial charge in [0.05, 0.1) is 19.9 Å². The Morgan fingerprint density at radius 3 is 2.41 bits per heavy atom. The van der Waals surface area contributed by atoms with Crippen molar-refractivity contribution in [1.82, 2.24) is 15.1 Å². The zero-order valence-electron chi connectivity index (χ0n) is 20.1. The van der Waals surface area contributed by atoms with Gasteiger partial charge in [-0.05, 0) is 75.2 Å². The van der Waals surface area contributed by atoms with Gasteiger partial charge in [0, 0.05) is 30.0 Å². The molecule has 0 saturated heterocycles. The van der Waals surface area contributed by atoms with E-state index in [4.69, 9.17) is 9.47 Å². The normalized spacial score (nSPS) is 11.3. The monoisotopic (exact) mass is 467 g/mol. The van der Waals surface area contributed by atoms with E-state index in [2.05, 4.69) is 27.6 Å². The van der Waals surface area contributed by atoms with Crippen LogP contribution in [0.25, 0.3) is 0 Å². The number of aromatic nitrogens is 2. The summed E-state index contributed by atoms with van der Waals surface area (Å²) in [6.45, 7) is 7.30. The van der Waals surface area contributed by atoms with Gasteiger partial charge in [0.15, 0.2) is 11.5 Å². The van der Waals surface area contributed by atoms with Crippen molar-refractivity contribution in [3.05, 3.63) is 70.8 Å². The van der Waals surface area contributed by atoms with Crippen LogP contribution in [0.1, 0.15) is 34.2 Å². The fourth-order valence-electron chi connectivity index (χ4n) is 3.62. The molecule has 0 unspecified atom stereocenters. The van der Waals surface area contributed by atoms with Gasteiger partial charge in [-0.15, -0.1) is 0 Å². The Morgan fingerprint density at radius 1 is 1.09 bits per heavy atom. The molecule has 0 aliphatic heterocycles. The van der Waals surface area contributed by atoms with Crippen molar-refractivity contribution in [3.8, 4) is 11.5 Å². The van der Waals surface area contributed by atoms with E-state index in [0.29, 0.717) is 35.7 Å². The first-order valence-electron chi connectivity index (χ1n) is 11.0. The highest BCUT2D eigenvalue weighted by Crippen LogP contribution is 2.27. The molecule has 0 radical (unpaired) electrons. The van der Waals surface area contributed by atoms with Crippen LogP contribution in [0.3, 0.4) is 0 Å². The first-order chi connectivity index (χ1) is 16.4. The lowest BCUT2D eigenvalue weighted by atomic mass is 10.1. The van der Waals surface area contributed by atoms with E-state index in [1.807, 2.05) is 18.5 Å². The van der Waals surface area contributed by atoms with Gasteiger partial charge in [-0.25, -0.2) is 4.39 Å². The van der Waals surface area contributed by atoms with E-state index < -0.39 is 0 Å². The summed E-state index contributed by atoms with van der Waals surface area (Å²) in [5.74, 6) is 0.497. The van der Waals surface area contributed by atoms with E-state index in [1.165, 1.54) is 26.4 Å². The van der Waals surface area contributed by atoms with E-state index in [0.717, 1.165) is 23.5 Å². The summed E-state index contributed by atoms with van der Waals surface area (Å²) in [7, 11) is 3.04. The number of guanidine groups is 1. The molecule has 9 heteroatoms. The van der Waals surface area contributed by atoms with Crippen LogP contribution in [0, 0.1) is 19.7 Å². The highest BCUT2D eigenvalue weighted by atomic mass is 19.1. The molecular weight excluding hydrogens is 437 g/mol. The molecule has 0 aliphatic rings. The summed E-state index contributed by atoms with van der Waals surface area (Å²) in [6.07, 6.45) is 0.665. The zero-order valence-corrected chi connectivity index (χ0v) is 20.1. The number of aryl methyl sites for hydroxylation is 2. The number of carbonyl (C=O) groups excluding carboxylic acids is 1. The molecule has 2 aromatic carbocycles. The van der Waals surface area contributed by atoms with Gasteiger partial charge in [0.1, 0.15) is 5.82 Å². The Hall–Kier alpha value is -3.88. The molecule has 0 aliphatic carbocycles. The number of nitrogens with zero attached hydrogens (tertiary/aromatic N) is 3. The molecule has 8 nitrogen and oxygen atoms in total. The van der Waals surface area contributed by atoms with Crippen LogP contribution < -0.4 is 20.1 Å². The van der Waals surface area contributed by atoms with Gasteiger partial charge in [-0.1, -0.05) is 0 Å². The van der Waals surface area contributed by atoms with E-state index in [9.17, 15) is 9.18 Å². The first kappa shape index (κ1) is 24.8. The van der Waals surface area contributed by atoms with Crippen molar-refractivity contribution in [1.29, 1.82) is 0 Å². The second-order valence-corrected chi connectivity index (χ2v) is 7.60. The Kier molecular flexibility index (Phi) is 8.24. The summed E-state index contributed by atoms with van der Waals surface area (Å²) in [5, 5.41) is 10.4. The maximum atomic E-state index is 13.3. The minimum absolute atomic E-state index is 0.254. The molecule has 1 amide bonds. The molecule has 3 rings (SSSR count). The summed E-state index contributed by atoms with van der Waals surface area (Å²) in [4.78, 5) is 17.5. The topological polar surface area (TPSA) is 89.8 Å². The summed E-state index contributed by atoms with van der Waals surface area (Å²) in [5.41, 5.74) is 4.19. The lowest BCUT2D eigenvalue weighted by Gasteiger charge is -2.13. The molecule has 0 atom stereocenters. The summed E-state index contributed by atoms with van der Waals surface area (Å²) >= 11 is 0. The number of rotatable bonds is 8. The van der Waals surface area contributed by atoms with Gasteiger partial charge in [0.25, 0.3) is 5.91 Å². The first-order valence-corrected chi connectivity index (χ1v) is 11.0. The predicted molar refractivity (Wildman–Crippen MR) is 130 cm³/mol. The number of benzene rings is 2. The quantitative estimate of drug-likeness (QED) is 0.384. The lowest BCUT2D eigenvalue weighted by molar-refractivity contribution is 0.0976. The Balaban J connectivity index is 1.81. The molecule has 1 heterocycles. The number of carbonyl (C=O) groups is 1. The number of halogens is 1. The van der Waals surface area contributed by atoms with Crippen molar-refractivity contribution >= 4 is 17.6 Å². The third kappa shape index (κ3) is 5.92. The van der Waals surface area contributed by atoms with Crippen molar-refractivity contribution in [3.63, 3.8) is 0 Å². The number of nitrogens with one attached hydrogen (secondary N) is 2. The Bertz CT molecular complexity index is 1170. The van der Waals surface area contributed by atoms with E-state index in [-0.39, 0.29) is 17.7 Å². The molecule has 0 fully saturated rings. The summed E-state index contributed by atoms with van der Waals surface area (Å²) < 4.78 is 25.8. The molecule has 0 bridgehead atoms. The number of hydrogen-bond acceptors (Lipinski definition) is 5. The number of hydrogen-bond donors (Lipinski definition) is 2. The molecule has 180 valence electrons. The minimum atomic E-state index is -0.375. The molecule has 2 N–H and O–H groups in total.